The Morgan fingerprint density at radius 3 is 2.40 bits per heavy atom. The van der Waals surface area contributed by atoms with Crippen LogP contribution in [0.1, 0.15) is 31.2 Å². The molecule has 0 amide bonds. The van der Waals surface area contributed by atoms with Gasteiger partial charge in [-0.2, -0.15) is 13.2 Å². The maximum absolute atomic E-state index is 14.0. The average Bonchev–Trinajstić information content (AvgIpc) is 2.80. The van der Waals surface area contributed by atoms with Crippen molar-refractivity contribution in [3.8, 4) is 5.69 Å². The van der Waals surface area contributed by atoms with Gasteiger partial charge in [-0.1, -0.05) is 13.8 Å². The van der Waals surface area contributed by atoms with E-state index in [0.717, 1.165) is 11.0 Å². The molecule has 0 bridgehead atoms. The van der Waals surface area contributed by atoms with Crippen molar-refractivity contribution in [1.29, 1.82) is 0 Å². The van der Waals surface area contributed by atoms with E-state index >= 15 is 0 Å². The second kappa shape index (κ2) is 5.08. The molecule has 0 aliphatic heterocycles. The third-order valence-electron chi connectivity index (χ3n) is 2.71. The molecule has 8 heteroatoms. The van der Waals surface area contributed by atoms with Crippen LogP contribution in [0.25, 0.3) is 5.69 Å². The molecule has 0 atom stereocenters. The van der Waals surface area contributed by atoms with Gasteiger partial charge in [0, 0.05) is 4.90 Å². The van der Waals surface area contributed by atoms with Crippen molar-refractivity contribution in [1.82, 2.24) is 14.8 Å². The Hall–Kier alpha value is -1.57. The van der Waals surface area contributed by atoms with Gasteiger partial charge in [0.25, 0.3) is 5.82 Å². The number of benzene rings is 1. The Balaban J connectivity index is 2.48. The minimum Gasteiger partial charge on any atom is -0.217 e. The standard InChI is InChI=1S/C12H11F4N3S/c1-6(2)7-3-8(13)9(4-10(7)20)19-5-17-11(18-19)12(14,15)16/h3-6,20H,1-2H3. The summed E-state index contributed by atoms with van der Waals surface area (Å²) in [7, 11) is 0. The zero-order chi connectivity index (χ0) is 15.1. The van der Waals surface area contributed by atoms with Crippen LogP contribution in [0, 0.1) is 5.82 Å². The van der Waals surface area contributed by atoms with E-state index in [4.69, 9.17) is 0 Å². The number of nitrogens with zero attached hydrogens (tertiary/aromatic N) is 3. The quantitative estimate of drug-likeness (QED) is 0.675. The van der Waals surface area contributed by atoms with Crippen molar-refractivity contribution in [3.63, 3.8) is 0 Å². The fraction of sp³-hybridized carbons (Fsp3) is 0.333. The highest BCUT2D eigenvalue weighted by Crippen LogP contribution is 2.29. The third kappa shape index (κ3) is 2.79. The Labute approximate surface area is 118 Å². The predicted octanol–water partition coefficient (Wildman–Crippen LogP) is 3.84. The van der Waals surface area contributed by atoms with Gasteiger partial charge in [-0.15, -0.1) is 17.7 Å². The van der Waals surface area contributed by atoms with E-state index in [1.54, 1.807) is 0 Å². The van der Waals surface area contributed by atoms with Crippen LogP contribution in [0.2, 0.25) is 0 Å². The Kier molecular flexibility index (Phi) is 3.77. The summed E-state index contributed by atoms with van der Waals surface area (Å²) in [5, 5.41) is 3.23. The summed E-state index contributed by atoms with van der Waals surface area (Å²) in [4.78, 5) is 3.61. The molecule has 3 nitrogen and oxygen atoms in total. The van der Waals surface area contributed by atoms with E-state index in [-0.39, 0.29) is 11.6 Å². The van der Waals surface area contributed by atoms with E-state index in [0.29, 0.717) is 10.5 Å². The minimum absolute atomic E-state index is 0.0486. The highest BCUT2D eigenvalue weighted by Gasteiger charge is 2.36. The molecule has 0 saturated heterocycles. The van der Waals surface area contributed by atoms with Gasteiger partial charge in [-0.05, 0) is 23.6 Å². The first-order chi connectivity index (χ1) is 9.20. The fourth-order valence-corrected chi connectivity index (χ4v) is 2.16. The second-order valence-corrected chi connectivity index (χ2v) is 5.01. The smallest absolute Gasteiger partial charge is 0.217 e. The monoisotopic (exact) mass is 305 g/mol. The molecule has 1 aromatic heterocycles. The summed E-state index contributed by atoms with van der Waals surface area (Å²) >= 11 is 4.22. The molecule has 0 fully saturated rings. The Morgan fingerprint density at radius 2 is 1.90 bits per heavy atom. The molecule has 0 aliphatic carbocycles. The molecule has 0 saturated carbocycles. The lowest BCUT2D eigenvalue weighted by Gasteiger charge is -2.12. The minimum atomic E-state index is -4.66. The van der Waals surface area contributed by atoms with Crippen molar-refractivity contribution in [3.05, 3.63) is 35.7 Å². The van der Waals surface area contributed by atoms with Crippen molar-refractivity contribution in [2.75, 3.05) is 0 Å². The summed E-state index contributed by atoms with van der Waals surface area (Å²) in [5.41, 5.74) is 0.549. The number of halogens is 4. The summed E-state index contributed by atoms with van der Waals surface area (Å²) < 4.78 is 52.0. The van der Waals surface area contributed by atoms with E-state index in [9.17, 15) is 17.6 Å². The van der Waals surface area contributed by atoms with Crippen molar-refractivity contribution >= 4 is 12.6 Å². The molecular weight excluding hydrogens is 294 g/mol. The van der Waals surface area contributed by atoms with Crippen LogP contribution in [0.3, 0.4) is 0 Å². The van der Waals surface area contributed by atoms with Gasteiger partial charge in [0.2, 0.25) is 0 Å². The van der Waals surface area contributed by atoms with Crippen molar-refractivity contribution in [2.45, 2.75) is 30.8 Å². The van der Waals surface area contributed by atoms with Crippen molar-refractivity contribution < 1.29 is 17.6 Å². The molecule has 2 aromatic rings. The molecule has 1 aromatic carbocycles. The van der Waals surface area contributed by atoms with Gasteiger partial charge in [-0.25, -0.2) is 14.1 Å². The number of thiol groups is 1. The summed E-state index contributed by atoms with van der Waals surface area (Å²) in [5.74, 6) is -1.94. The van der Waals surface area contributed by atoms with Crippen LogP contribution >= 0.6 is 12.6 Å². The van der Waals surface area contributed by atoms with Gasteiger partial charge in [-0.3, -0.25) is 0 Å². The summed E-state index contributed by atoms with van der Waals surface area (Å²) in [6.07, 6.45) is -3.84. The van der Waals surface area contributed by atoms with Gasteiger partial charge < -0.3 is 0 Å². The first kappa shape index (κ1) is 14.8. The molecule has 1 heterocycles. The molecule has 20 heavy (non-hydrogen) atoms. The van der Waals surface area contributed by atoms with E-state index in [1.165, 1.54) is 12.1 Å². The Morgan fingerprint density at radius 1 is 1.25 bits per heavy atom. The van der Waals surface area contributed by atoms with Crippen LogP contribution < -0.4 is 0 Å². The molecule has 0 spiro atoms. The number of hydrogen-bond acceptors (Lipinski definition) is 3. The van der Waals surface area contributed by atoms with Gasteiger partial charge in [0.15, 0.2) is 0 Å². The summed E-state index contributed by atoms with van der Waals surface area (Å²) in [6.45, 7) is 3.73. The second-order valence-electron chi connectivity index (χ2n) is 4.53. The zero-order valence-electron chi connectivity index (χ0n) is 10.6. The SMILES string of the molecule is CC(C)c1cc(F)c(-n2cnc(C(F)(F)F)n2)cc1S. The molecule has 0 radical (unpaired) electrons. The van der Waals surface area contributed by atoms with Crippen LogP contribution in [0.5, 0.6) is 0 Å². The number of alkyl halides is 3. The maximum Gasteiger partial charge on any atom is 0.453 e. The highest BCUT2D eigenvalue weighted by atomic mass is 32.1. The van der Waals surface area contributed by atoms with Crippen LogP contribution in [0.4, 0.5) is 17.6 Å². The molecule has 0 unspecified atom stereocenters. The number of hydrogen-bond donors (Lipinski definition) is 1. The molecule has 0 aliphatic rings. The topological polar surface area (TPSA) is 30.7 Å². The van der Waals surface area contributed by atoms with E-state index in [1.807, 2.05) is 13.8 Å². The van der Waals surface area contributed by atoms with E-state index in [2.05, 4.69) is 22.7 Å². The highest BCUT2D eigenvalue weighted by molar-refractivity contribution is 7.80. The third-order valence-corrected chi connectivity index (χ3v) is 3.10. The molecule has 0 N–H and O–H groups in total. The van der Waals surface area contributed by atoms with Crippen LogP contribution in [-0.2, 0) is 6.18 Å². The van der Waals surface area contributed by atoms with Gasteiger partial charge in [0.1, 0.15) is 17.8 Å². The maximum atomic E-state index is 14.0. The van der Waals surface area contributed by atoms with E-state index < -0.39 is 17.8 Å². The largest absolute Gasteiger partial charge is 0.453 e. The Bertz CT molecular complexity index is 634. The first-order valence-electron chi connectivity index (χ1n) is 5.71. The molecule has 2 rings (SSSR count). The van der Waals surface area contributed by atoms with Gasteiger partial charge in [0.05, 0.1) is 0 Å². The number of aromatic nitrogens is 3. The summed E-state index contributed by atoms with van der Waals surface area (Å²) in [6, 6.07) is 2.58. The first-order valence-corrected chi connectivity index (χ1v) is 6.16. The van der Waals surface area contributed by atoms with Crippen LogP contribution in [-0.4, -0.2) is 14.8 Å². The normalized spacial score (nSPS) is 12.2. The lowest BCUT2D eigenvalue weighted by molar-refractivity contribution is -0.144. The number of rotatable bonds is 2. The predicted molar refractivity (Wildman–Crippen MR) is 67.7 cm³/mol. The lowest BCUT2D eigenvalue weighted by Crippen LogP contribution is -2.09. The van der Waals surface area contributed by atoms with Gasteiger partial charge >= 0.3 is 6.18 Å². The molecule has 108 valence electrons. The lowest BCUT2D eigenvalue weighted by atomic mass is 10.0. The average molecular weight is 305 g/mol. The fourth-order valence-electron chi connectivity index (χ4n) is 1.71. The molecular formula is C12H11F4N3S. The zero-order valence-corrected chi connectivity index (χ0v) is 11.5. The van der Waals surface area contributed by atoms with Crippen molar-refractivity contribution in [2.24, 2.45) is 0 Å². The van der Waals surface area contributed by atoms with Crippen LogP contribution in [0.15, 0.2) is 23.4 Å².